The molecular formula is C19H18BrN3O2. The molecule has 0 saturated heterocycles. The van der Waals surface area contributed by atoms with Crippen LogP contribution in [0.2, 0.25) is 0 Å². The summed E-state index contributed by atoms with van der Waals surface area (Å²) in [5, 5.41) is 7.37. The summed E-state index contributed by atoms with van der Waals surface area (Å²) in [6.07, 6.45) is 1.91. The van der Waals surface area contributed by atoms with E-state index in [1.807, 2.05) is 55.7 Å². The number of benzene rings is 2. The lowest BCUT2D eigenvalue weighted by atomic mass is 9.99. The lowest BCUT2D eigenvalue weighted by molar-refractivity contribution is -0.114. The number of aryl methyl sites for hydroxylation is 1. The zero-order valence-corrected chi connectivity index (χ0v) is 15.8. The van der Waals surface area contributed by atoms with Gasteiger partial charge in [0.15, 0.2) is 0 Å². The Morgan fingerprint density at radius 2 is 1.92 bits per heavy atom. The molecule has 1 N–H and O–H groups in total. The van der Waals surface area contributed by atoms with Crippen molar-refractivity contribution in [3.8, 4) is 28.1 Å². The Kier molecular flexibility index (Phi) is 4.90. The van der Waals surface area contributed by atoms with Crippen molar-refractivity contribution in [3.63, 3.8) is 0 Å². The molecule has 0 atom stereocenters. The first kappa shape index (κ1) is 17.2. The number of methoxy groups -OCH3 is 1. The van der Waals surface area contributed by atoms with Crippen LogP contribution in [0, 0.1) is 0 Å². The van der Waals surface area contributed by atoms with Crippen molar-refractivity contribution < 1.29 is 9.53 Å². The van der Waals surface area contributed by atoms with E-state index in [9.17, 15) is 4.79 Å². The van der Waals surface area contributed by atoms with Crippen molar-refractivity contribution in [1.82, 2.24) is 9.78 Å². The minimum Gasteiger partial charge on any atom is -0.496 e. The van der Waals surface area contributed by atoms with E-state index in [-0.39, 0.29) is 5.91 Å². The van der Waals surface area contributed by atoms with Crippen LogP contribution in [-0.4, -0.2) is 22.8 Å². The molecule has 1 amide bonds. The largest absolute Gasteiger partial charge is 0.496 e. The Morgan fingerprint density at radius 1 is 1.20 bits per heavy atom. The molecule has 1 heterocycles. The van der Waals surface area contributed by atoms with Gasteiger partial charge in [0.25, 0.3) is 0 Å². The van der Waals surface area contributed by atoms with Crippen LogP contribution in [0.5, 0.6) is 5.75 Å². The molecule has 0 radical (unpaired) electrons. The van der Waals surface area contributed by atoms with Crippen LogP contribution in [0.3, 0.4) is 0 Å². The summed E-state index contributed by atoms with van der Waals surface area (Å²) in [7, 11) is 3.50. The van der Waals surface area contributed by atoms with Gasteiger partial charge < -0.3 is 10.1 Å². The smallest absolute Gasteiger partial charge is 0.221 e. The van der Waals surface area contributed by atoms with Gasteiger partial charge in [0.2, 0.25) is 5.91 Å². The Balaban J connectivity index is 2.15. The zero-order chi connectivity index (χ0) is 18.0. The molecule has 5 nitrogen and oxygen atoms in total. The summed E-state index contributed by atoms with van der Waals surface area (Å²) in [6.45, 7) is 1.49. The minimum atomic E-state index is -0.127. The SMILES string of the molecule is COc1cccc(NC(C)=O)c1-c1cccc(-c2nn(C)cc2Br)c1. The van der Waals surface area contributed by atoms with Crippen molar-refractivity contribution in [1.29, 1.82) is 0 Å². The molecule has 3 aromatic rings. The van der Waals surface area contributed by atoms with E-state index in [2.05, 4.69) is 26.3 Å². The van der Waals surface area contributed by atoms with Crippen molar-refractivity contribution in [2.45, 2.75) is 6.92 Å². The van der Waals surface area contributed by atoms with Gasteiger partial charge in [-0.2, -0.15) is 5.10 Å². The predicted octanol–water partition coefficient (Wildman–Crippen LogP) is 4.48. The highest BCUT2D eigenvalue weighted by Crippen LogP contribution is 2.39. The molecule has 6 heteroatoms. The number of carbonyl (C=O) groups excluding carboxylic acids is 1. The highest BCUT2D eigenvalue weighted by Gasteiger charge is 2.15. The number of hydrogen-bond acceptors (Lipinski definition) is 3. The molecule has 0 bridgehead atoms. The van der Waals surface area contributed by atoms with E-state index < -0.39 is 0 Å². The van der Waals surface area contributed by atoms with E-state index in [0.29, 0.717) is 11.4 Å². The monoisotopic (exact) mass is 399 g/mol. The van der Waals surface area contributed by atoms with Crippen molar-refractivity contribution in [2.75, 3.05) is 12.4 Å². The summed E-state index contributed by atoms with van der Waals surface area (Å²) in [5.41, 5.74) is 4.33. The molecule has 1 aromatic heterocycles. The molecule has 0 spiro atoms. The number of rotatable bonds is 4. The Morgan fingerprint density at radius 3 is 2.56 bits per heavy atom. The van der Waals surface area contributed by atoms with E-state index >= 15 is 0 Å². The summed E-state index contributed by atoms with van der Waals surface area (Å²) >= 11 is 3.54. The third kappa shape index (κ3) is 3.58. The van der Waals surface area contributed by atoms with Gasteiger partial charge in [-0.15, -0.1) is 0 Å². The highest BCUT2D eigenvalue weighted by molar-refractivity contribution is 9.10. The third-order valence-electron chi connectivity index (χ3n) is 3.77. The van der Waals surface area contributed by atoms with E-state index in [0.717, 1.165) is 26.9 Å². The third-order valence-corrected chi connectivity index (χ3v) is 4.35. The van der Waals surface area contributed by atoms with Gasteiger partial charge in [0.05, 0.1) is 17.3 Å². The number of hydrogen-bond donors (Lipinski definition) is 1. The lowest BCUT2D eigenvalue weighted by Gasteiger charge is -2.15. The molecule has 3 rings (SSSR count). The van der Waals surface area contributed by atoms with Gasteiger partial charge in [-0.25, -0.2) is 0 Å². The Bertz CT molecular complexity index is 934. The number of carbonyl (C=O) groups is 1. The van der Waals surface area contributed by atoms with E-state index in [1.54, 1.807) is 11.8 Å². The number of anilines is 1. The maximum atomic E-state index is 11.6. The Hall–Kier alpha value is -2.60. The fourth-order valence-corrected chi connectivity index (χ4v) is 3.37. The standard InChI is InChI=1S/C19H18BrN3O2/c1-12(24)21-16-8-5-9-17(25-3)18(16)13-6-4-7-14(10-13)19-15(20)11-23(2)22-19/h4-11H,1-3H3,(H,21,24). The highest BCUT2D eigenvalue weighted by atomic mass is 79.9. The average Bonchev–Trinajstić information content (AvgIpc) is 2.92. The zero-order valence-electron chi connectivity index (χ0n) is 14.2. The molecule has 0 aliphatic carbocycles. The van der Waals surface area contributed by atoms with Crippen LogP contribution in [-0.2, 0) is 11.8 Å². The maximum absolute atomic E-state index is 11.6. The summed E-state index contributed by atoms with van der Waals surface area (Å²) in [5.74, 6) is 0.571. The summed E-state index contributed by atoms with van der Waals surface area (Å²) in [6, 6.07) is 13.6. The maximum Gasteiger partial charge on any atom is 0.221 e. The van der Waals surface area contributed by atoms with Crippen LogP contribution < -0.4 is 10.1 Å². The van der Waals surface area contributed by atoms with E-state index in [1.165, 1.54) is 6.92 Å². The first-order chi connectivity index (χ1) is 12.0. The first-order valence-corrected chi connectivity index (χ1v) is 8.53. The molecule has 0 aliphatic rings. The van der Waals surface area contributed by atoms with Crippen molar-refractivity contribution in [2.24, 2.45) is 7.05 Å². The van der Waals surface area contributed by atoms with Crippen molar-refractivity contribution >= 4 is 27.5 Å². The number of aromatic nitrogens is 2. The van der Waals surface area contributed by atoms with Crippen LogP contribution in [0.4, 0.5) is 5.69 Å². The van der Waals surface area contributed by atoms with Crippen LogP contribution in [0.15, 0.2) is 53.1 Å². The number of ether oxygens (including phenoxy) is 1. The lowest BCUT2D eigenvalue weighted by Crippen LogP contribution is -2.07. The topological polar surface area (TPSA) is 56.1 Å². The minimum absolute atomic E-state index is 0.127. The molecule has 0 aliphatic heterocycles. The van der Waals surface area contributed by atoms with Crippen LogP contribution in [0.1, 0.15) is 6.92 Å². The summed E-state index contributed by atoms with van der Waals surface area (Å²) in [4.78, 5) is 11.6. The first-order valence-electron chi connectivity index (χ1n) is 7.74. The molecule has 25 heavy (non-hydrogen) atoms. The van der Waals surface area contributed by atoms with Gasteiger partial charge >= 0.3 is 0 Å². The number of halogens is 1. The van der Waals surface area contributed by atoms with Gasteiger partial charge in [-0.05, 0) is 39.7 Å². The predicted molar refractivity (Wildman–Crippen MR) is 103 cm³/mol. The van der Waals surface area contributed by atoms with Gasteiger partial charge in [0.1, 0.15) is 11.4 Å². The van der Waals surface area contributed by atoms with Gasteiger partial charge in [-0.3, -0.25) is 9.48 Å². The summed E-state index contributed by atoms with van der Waals surface area (Å²) < 4.78 is 8.20. The number of amides is 1. The van der Waals surface area contributed by atoms with Gasteiger partial charge in [-0.1, -0.05) is 24.3 Å². The van der Waals surface area contributed by atoms with Gasteiger partial charge in [0, 0.05) is 31.3 Å². The fraction of sp³-hybridized carbons (Fsp3) is 0.158. The molecule has 0 fully saturated rings. The quantitative estimate of drug-likeness (QED) is 0.703. The molecular weight excluding hydrogens is 382 g/mol. The Labute approximate surface area is 154 Å². The molecule has 128 valence electrons. The second kappa shape index (κ2) is 7.11. The number of nitrogens with zero attached hydrogens (tertiary/aromatic N) is 2. The number of nitrogens with one attached hydrogen (secondary N) is 1. The molecule has 0 saturated carbocycles. The van der Waals surface area contributed by atoms with Crippen LogP contribution >= 0.6 is 15.9 Å². The average molecular weight is 400 g/mol. The second-order valence-electron chi connectivity index (χ2n) is 5.64. The molecule has 2 aromatic carbocycles. The van der Waals surface area contributed by atoms with Crippen LogP contribution in [0.25, 0.3) is 22.4 Å². The van der Waals surface area contributed by atoms with E-state index in [4.69, 9.17) is 4.74 Å². The normalized spacial score (nSPS) is 10.6. The van der Waals surface area contributed by atoms with Crippen molar-refractivity contribution in [3.05, 3.63) is 53.1 Å². The molecule has 0 unspecified atom stereocenters. The second-order valence-corrected chi connectivity index (χ2v) is 6.50. The fourth-order valence-electron chi connectivity index (χ4n) is 2.77.